The van der Waals surface area contributed by atoms with Crippen LogP contribution in [-0.2, 0) is 0 Å². The van der Waals surface area contributed by atoms with Gasteiger partial charge in [0.25, 0.3) is 0 Å². The summed E-state index contributed by atoms with van der Waals surface area (Å²) < 4.78 is 1.07. The Morgan fingerprint density at radius 1 is 1.43 bits per heavy atom. The minimum atomic E-state index is 0.300. The zero-order valence-corrected chi connectivity index (χ0v) is 8.64. The first-order valence-corrected chi connectivity index (χ1v) is 5.41. The maximum Gasteiger partial charge on any atom is 0.144 e. The molecule has 1 N–H and O–H groups in total. The smallest absolute Gasteiger partial charge is 0.144 e. The second-order valence-corrected chi connectivity index (χ2v) is 4.77. The Labute approximate surface area is 85.6 Å². The van der Waals surface area contributed by atoms with E-state index in [0.717, 1.165) is 34.0 Å². The molecule has 0 aliphatic carbocycles. The van der Waals surface area contributed by atoms with Crippen molar-refractivity contribution in [1.82, 2.24) is 4.98 Å². The molecule has 0 saturated carbocycles. The van der Waals surface area contributed by atoms with Gasteiger partial charge in [-0.25, -0.2) is 4.98 Å². The van der Waals surface area contributed by atoms with Gasteiger partial charge in [0, 0.05) is 24.8 Å². The third kappa shape index (κ3) is 1.14. The lowest BCUT2D eigenvalue weighted by Gasteiger charge is -2.02. The summed E-state index contributed by atoms with van der Waals surface area (Å²) in [6.07, 6.45) is 0. The van der Waals surface area contributed by atoms with Gasteiger partial charge in [0.05, 0.1) is 9.71 Å². The molecular weight excluding hydrogens is 196 g/mol. The molecular formula is C10H10N2OS. The highest BCUT2D eigenvalue weighted by molar-refractivity contribution is 7.18. The van der Waals surface area contributed by atoms with Crippen LogP contribution in [0, 0.1) is 6.92 Å². The summed E-state index contributed by atoms with van der Waals surface area (Å²) >= 11 is 1.63. The highest BCUT2D eigenvalue weighted by atomic mass is 32.1. The largest absolute Gasteiger partial charge is 0.506 e. The number of hydrogen-bond acceptors (Lipinski definition) is 4. The van der Waals surface area contributed by atoms with Gasteiger partial charge in [-0.15, -0.1) is 11.3 Å². The molecule has 0 radical (unpaired) electrons. The molecule has 4 heteroatoms. The fraction of sp³-hybridized carbons (Fsp3) is 0.300. The van der Waals surface area contributed by atoms with Crippen LogP contribution < -0.4 is 4.90 Å². The monoisotopic (exact) mass is 206 g/mol. The first kappa shape index (κ1) is 8.05. The van der Waals surface area contributed by atoms with Crippen molar-refractivity contribution in [2.75, 3.05) is 18.0 Å². The molecule has 0 unspecified atom stereocenters. The fourth-order valence-corrected chi connectivity index (χ4v) is 2.48. The van der Waals surface area contributed by atoms with Gasteiger partial charge in [0.15, 0.2) is 0 Å². The second-order valence-electron chi connectivity index (χ2n) is 3.53. The van der Waals surface area contributed by atoms with E-state index in [9.17, 15) is 5.11 Å². The van der Waals surface area contributed by atoms with Gasteiger partial charge >= 0.3 is 0 Å². The van der Waals surface area contributed by atoms with Crippen LogP contribution in [-0.4, -0.2) is 23.2 Å². The van der Waals surface area contributed by atoms with E-state index in [1.807, 2.05) is 6.92 Å². The Bertz CT molecular complexity index is 502. The Morgan fingerprint density at radius 2 is 2.21 bits per heavy atom. The third-order valence-electron chi connectivity index (χ3n) is 2.38. The van der Waals surface area contributed by atoms with Crippen LogP contribution in [0.2, 0.25) is 0 Å². The number of aromatic hydroxyl groups is 1. The summed E-state index contributed by atoms with van der Waals surface area (Å²) in [6.45, 7) is 4.16. The zero-order valence-electron chi connectivity index (χ0n) is 7.82. The number of anilines is 1. The molecule has 1 fully saturated rings. The molecule has 2 aromatic rings. The summed E-state index contributed by atoms with van der Waals surface area (Å²) in [7, 11) is 0. The van der Waals surface area contributed by atoms with Crippen molar-refractivity contribution < 1.29 is 5.11 Å². The normalized spacial score (nSPS) is 15.1. The van der Waals surface area contributed by atoms with E-state index in [1.165, 1.54) is 0 Å². The van der Waals surface area contributed by atoms with Crippen LogP contribution in [0.15, 0.2) is 12.1 Å². The van der Waals surface area contributed by atoms with Crippen molar-refractivity contribution in [3.05, 3.63) is 17.1 Å². The van der Waals surface area contributed by atoms with Gasteiger partial charge in [-0.1, -0.05) is 0 Å². The molecule has 0 bridgehead atoms. The lowest BCUT2D eigenvalue weighted by atomic mass is 10.3. The van der Waals surface area contributed by atoms with Crippen LogP contribution in [0.1, 0.15) is 5.01 Å². The molecule has 0 amide bonds. The molecule has 1 aromatic heterocycles. The predicted molar refractivity (Wildman–Crippen MR) is 58.2 cm³/mol. The number of thiazole rings is 1. The number of phenols is 1. The number of rotatable bonds is 1. The zero-order chi connectivity index (χ0) is 9.71. The number of fused-ring (bicyclic) bond motifs is 1. The van der Waals surface area contributed by atoms with Crippen molar-refractivity contribution >= 4 is 27.2 Å². The Kier molecular flexibility index (Phi) is 1.50. The molecule has 2 heterocycles. The van der Waals surface area contributed by atoms with E-state index >= 15 is 0 Å². The summed E-state index contributed by atoms with van der Waals surface area (Å²) in [6, 6.07) is 3.90. The minimum Gasteiger partial charge on any atom is -0.506 e. The van der Waals surface area contributed by atoms with Crippen molar-refractivity contribution in [1.29, 1.82) is 0 Å². The summed E-state index contributed by atoms with van der Waals surface area (Å²) in [5.74, 6) is 0.300. The van der Waals surface area contributed by atoms with Crippen molar-refractivity contribution in [3.8, 4) is 5.75 Å². The van der Waals surface area contributed by atoms with E-state index in [0.29, 0.717) is 5.75 Å². The Morgan fingerprint density at radius 3 is 2.93 bits per heavy atom. The van der Waals surface area contributed by atoms with Gasteiger partial charge in [0.1, 0.15) is 11.3 Å². The lowest BCUT2D eigenvalue weighted by Crippen LogP contribution is -1.89. The molecule has 14 heavy (non-hydrogen) atoms. The number of hydrogen-bond donors (Lipinski definition) is 1. The summed E-state index contributed by atoms with van der Waals surface area (Å²) in [4.78, 5) is 6.50. The maximum absolute atomic E-state index is 9.76. The number of phenolic OH excluding ortho intramolecular Hbond substituents is 1. The first-order valence-electron chi connectivity index (χ1n) is 4.59. The quantitative estimate of drug-likeness (QED) is 0.726. The van der Waals surface area contributed by atoms with E-state index in [-0.39, 0.29) is 0 Å². The van der Waals surface area contributed by atoms with E-state index in [1.54, 1.807) is 17.4 Å². The van der Waals surface area contributed by atoms with Crippen molar-refractivity contribution in [2.24, 2.45) is 0 Å². The Hall–Kier alpha value is -1.29. The van der Waals surface area contributed by atoms with Gasteiger partial charge in [0.2, 0.25) is 0 Å². The van der Waals surface area contributed by atoms with Crippen LogP contribution >= 0.6 is 11.3 Å². The lowest BCUT2D eigenvalue weighted by molar-refractivity contribution is 0.480. The molecule has 1 saturated heterocycles. The molecule has 1 aliphatic rings. The molecule has 1 aromatic carbocycles. The molecule has 0 atom stereocenters. The van der Waals surface area contributed by atoms with E-state index in [2.05, 4.69) is 16.0 Å². The summed E-state index contributed by atoms with van der Waals surface area (Å²) in [5, 5.41) is 10.8. The second kappa shape index (κ2) is 2.60. The number of aromatic nitrogens is 1. The molecule has 72 valence electrons. The number of nitrogens with zero attached hydrogens (tertiary/aromatic N) is 2. The van der Waals surface area contributed by atoms with E-state index < -0.39 is 0 Å². The number of benzene rings is 1. The topological polar surface area (TPSA) is 36.1 Å². The average molecular weight is 206 g/mol. The molecule has 3 rings (SSSR count). The summed E-state index contributed by atoms with van der Waals surface area (Å²) in [5.41, 5.74) is 1.84. The van der Waals surface area contributed by atoms with Crippen LogP contribution in [0.4, 0.5) is 5.69 Å². The van der Waals surface area contributed by atoms with E-state index in [4.69, 9.17) is 0 Å². The fourth-order valence-electron chi connectivity index (χ4n) is 1.60. The average Bonchev–Trinajstić information content (AvgIpc) is 2.89. The van der Waals surface area contributed by atoms with Gasteiger partial charge < -0.3 is 10.0 Å². The SMILES string of the molecule is Cc1nc2c(O)cc(N3CC3)cc2s1. The van der Waals surface area contributed by atoms with Crippen molar-refractivity contribution in [2.45, 2.75) is 6.92 Å². The third-order valence-corrected chi connectivity index (χ3v) is 3.30. The van der Waals surface area contributed by atoms with Crippen LogP contribution in [0.3, 0.4) is 0 Å². The standard InChI is InChI=1S/C10H10N2OS/c1-6-11-10-8(13)4-7(12-2-3-12)5-9(10)14-6/h4-5,13H,2-3H2,1H3. The molecule has 3 nitrogen and oxygen atoms in total. The predicted octanol–water partition coefficient (Wildman–Crippen LogP) is 2.13. The number of aryl methyl sites for hydroxylation is 1. The van der Waals surface area contributed by atoms with Crippen LogP contribution in [0.5, 0.6) is 5.75 Å². The first-order chi connectivity index (χ1) is 6.74. The minimum absolute atomic E-state index is 0.300. The van der Waals surface area contributed by atoms with Crippen LogP contribution in [0.25, 0.3) is 10.2 Å². The van der Waals surface area contributed by atoms with Gasteiger partial charge in [-0.3, -0.25) is 0 Å². The van der Waals surface area contributed by atoms with Gasteiger partial charge in [-0.2, -0.15) is 0 Å². The Balaban J connectivity index is 2.26. The molecule has 1 aliphatic heterocycles. The van der Waals surface area contributed by atoms with Gasteiger partial charge in [-0.05, 0) is 13.0 Å². The maximum atomic E-state index is 9.76. The highest BCUT2D eigenvalue weighted by Crippen LogP contribution is 2.35. The van der Waals surface area contributed by atoms with Crippen molar-refractivity contribution in [3.63, 3.8) is 0 Å². The highest BCUT2D eigenvalue weighted by Gasteiger charge is 2.20. The molecule has 0 spiro atoms.